The maximum atomic E-state index is 13.0. The number of carbonyl (C=O) groups excluding carboxylic acids is 1. The van der Waals surface area contributed by atoms with E-state index in [1.807, 2.05) is 32.9 Å². The van der Waals surface area contributed by atoms with Gasteiger partial charge in [-0.1, -0.05) is 12.1 Å². The summed E-state index contributed by atoms with van der Waals surface area (Å²) in [7, 11) is -3.71. The quantitative estimate of drug-likeness (QED) is 0.785. The fourth-order valence-electron chi connectivity index (χ4n) is 3.66. The third-order valence-electron chi connectivity index (χ3n) is 5.03. The van der Waals surface area contributed by atoms with Crippen LogP contribution in [0.4, 0.5) is 4.79 Å². The molecule has 0 heterocycles. The van der Waals surface area contributed by atoms with Crippen molar-refractivity contribution >= 4 is 15.9 Å². The first kappa shape index (κ1) is 21.8. The van der Waals surface area contributed by atoms with Gasteiger partial charge in [-0.15, -0.1) is 0 Å². The van der Waals surface area contributed by atoms with Crippen LogP contribution < -0.4 is 5.32 Å². The van der Waals surface area contributed by atoms with Gasteiger partial charge in [0, 0.05) is 12.5 Å². The Morgan fingerprint density at radius 2 is 1.93 bits per heavy atom. The van der Waals surface area contributed by atoms with E-state index in [0.717, 1.165) is 30.4 Å². The molecule has 1 aliphatic carbocycles. The van der Waals surface area contributed by atoms with E-state index in [1.54, 1.807) is 24.3 Å². The van der Waals surface area contributed by atoms with Crippen LogP contribution in [0.2, 0.25) is 0 Å². The van der Waals surface area contributed by atoms with Gasteiger partial charge in [0.1, 0.15) is 5.60 Å². The van der Waals surface area contributed by atoms with E-state index in [4.69, 9.17) is 10.00 Å². The molecule has 0 radical (unpaired) electrons. The highest BCUT2D eigenvalue weighted by Crippen LogP contribution is 2.34. The van der Waals surface area contributed by atoms with Gasteiger partial charge in [-0.2, -0.15) is 5.26 Å². The molecule has 1 N–H and O–H groups in total. The number of nitrogens with one attached hydrogen (secondary N) is 1. The SMILES string of the molecule is CC(C)(C)OC(=O)NC[C@@H]1CCCc2cc(S(=O)(=O)c3cccc(C#N)c3)ccc21. The molecule has 0 bridgehead atoms. The Balaban J connectivity index is 1.81. The molecule has 1 atom stereocenters. The summed E-state index contributed by atoms with van der Waals surface area (Å²) in [4.78, 5) is 12.3. The van der Waals surface area contributed by atoms with Gasteiger partial charge < -0.3 is 10.1 Å². The Hall–Kier alpha value is -2.85. The summed E-state index contributed by atoms with van der Waals surface area (Å²) >= 11 is 0. The number of benzene rings is 2. The summed E-state index contributed by atoms with van der Waals surface area (Å²) in [6, 6.07) is 13.2. The first-order valence-corrected chi connectivity index (χ1v) is 11.4. The zero-order valence-corrected chi connectivity index (χ0v) is 18.3. The summed E-state index contributed by atoms with van der Waals surface area (Å²) < 4.78 is 31.4. The fraction of sp³-hybridized carbons (Fsp3) is 0.391. The molecule has 2 aromatic carbocycles. The van der Waals surface area contributed by atoms with Crippen LogP contribution in [-0.2, 0) is 21.0 Å². The number of nitrogens with zero attached hydrogens (tertiary/aromatic N) is 1. The third-order valence-corrected chi connectivity index (χ3v) is 6.78. The van der Waals surface area contributed by atoms with E-state index in [9.17, 15) is 13.2 Å². The molecule has 6 nitrogen and oxygen atoms in total. The second-order valence-corrected chi connectivity index (χ2v) is 10.4. The predicted molar refractivity (Wildman–Crippen MR) is 113 cm³/mol. The molecule has 3 rings (SSSR count). The second kappa shape index (κ2) is 8.49. The van der Waals surface area contributed by atoms with Crippen LogP contribution in [0.5, 0.6) is 0 Å². The molecule has 158 valence electrons. The van der Waals surface area contributed by atoms with Crippen molar-refractivity contribution < 1.29 is 17.9 Å². The number of carbonyl (C=O) groups is 1. The largest absolute Gasteiger partial charge is 0.444 e. The van der Waals surface area contributed by atoms with E-state index in [0.29, 0.717) is 12.1 Å². The maximum absolute atomic E-state index is 13.0. The molecular weight excluding hydrogens is 400 g/mol. The van der Waals surface area contributed by atoms with Crippen molar-refractivity contribution in [3.8, 4) is 6.07 Å². The Labute approximate surface area is 177 Å². The summed E-state index contributed by atoms with van der Waals surface area (Å²) in [5, 5.41) is 11.9. The minimum atomic E-state index is -3.71. The zero-order valence-electron chi connectivity index (χ0n) is 17.4. The Morgan fingerprint density at radius 3 is 2.63 bits per heavy atom. The molecule has 0 aromatic heterocycles. The number of sulfone groups is 1. The van der Waals surface area contributed by atoms with Crippen molar-refractivity contribution in [2.24, 2.45) is 0 Å². The zero-order chi connectivity index (χ0) is 21.9. The normalized spacial score (nSPS) is 16.3. The van der Waals surface area contributed by atoms with Crippen LogP contribution in [0.25, 0.3) is 0 Å². The summed E-state index contributed by atoms with van der Waals surface area (Å²) in [6.45, 7) is 5.89. The number of fused-ring (bicyclic) bond motifs is 1. The van der Waals surface area contributed by atoms with Gasteiger partial charge in [0.15, 0.2) is 0 Å². The lowest BCUT2D eigenvalue weighted by molar-refractivity contribution is 0.0523. The van der Waals surface area contributed by atoms with Gasteiger partial charge in [-0.05, 0) is 81.5 Å². The number of alkyl carbamates (subject to hydrolysis) is 1. The number of ether oxygens (including phenoxy) is 1. The molecule has 0 aliphatic heterocycles. The molecular formula is C23H26N2O4S. The molecule has 1 amide bonds. The van der Waals surface area contributed by atoms with Gasteiger partial charge in [0.25, 0.3) is 0 Å². The molecule has 1 aliphatic rings. The van der Waals surface area contributed by atoms with Gasteiger partial charge in [0.2, 0.25) is 9.84 Å². The van der Waals surface area contributed by atoms with Crippen molar-refractivity contribution in [2.75, 3.05) is 6.54 Å². The number of hydrogen-bond acceptors (Lipinski definition) is 5. The van der Waals surface area contributed by atoms with Crippen LogP contribution in [0, 0.1) is 11.3 Å². The topological polar surface area (TPSA) is 96.3 Å². The number of nitriles is 1. The monoisotopic (exact) mass is 426 g/mol. The lowest BCUT2D eigenvalue weighted by atomic mass is 9.83. The van der Waals surface area contributed by atoms with Crippen LogP contribution in [-0.4, -0.2) is 26.7 Å². The maximum Gasteiger partial charge on any atom is 0.407 e. The molecule has 0 saturated carbocycles. The average molecular weight is 427 g/mol. The molecule has 0 fully saturated rings. The highest BCUT2D eigenvalue weighted by molar-refractivity contribution is 7.91. The highest BCUT2D eigenvalue weighted by Gasteiger charge is 2.25. The van der Waals surface area contributed by atoms with Crippen molar-refractivity contribution in [2.45, 2.75) is 61.3 Å². The molecule has 30 heavy (non-hydrogen) atoms. The van der Waals surface area contributed by atoms with Crippen molar-refractivity contribution in [1.82, 2.24) is 5.32 Å². The van der Waals surface area contributed by atoms with Crippen molar-refractivity contribution in [3.63, 3.8) is 0 Å². The second-order valence-electron chi connectivity index (χ2n) is 8.48. The molecule has 2 aromatic rings. The van der Waals surface area contributed by atoms with Gasteiger partial charge in [0.05, 0.1) is 21.4 Å². The fourth-order valence-corrected chi connectivity index (χ4v) is 5.02. The van der Waals surface area contributed by atoms with Gasteiger partial charge >= 0.3 is 6.09 Å². The summed E-state index contributed by atoms with van der Waals surface area (Å²) in [5.74, 6) is 0.111. The van der Waals surface area contributed by atoms with Crippen LogP contribution in [0.1, 0.15) is 56.2 Å². The molecule has 0 spiro atoms. The van der Waals surface area contributed by atoms with E-state index < -0.39 is 21.5 Å². The summed E-state index contributed by atoms with van der Waals surface area (Å²) in [6.07, 6.45) is 2.17. The minimum absolute atomic E-state index is 0.111. The smallest absolute Gasteiger partial charge is 0.407 e. The first-order chi connectivity index (χ1) is 14.1. The lowest BCUT2D eigenvalue weighted by Crippen LogP contribution is -2.35. The number of amides is 1. The van der Waals surface area contributed by atoms with Gasteiger partial charge in [-0.3, -0.25) is 0 Å². The molecule has 0 saturated heterocycles. The highest BCUT2D eigenvalue weighted by atomic mass is 32.2. The van der Waals surface area contributed by atoms with Crippen molar-refractivity contribution in [3.05, 3.63) is 59.2 Å². The number of hydrogen-bond donors (Lipinski definition) is 1. The van der Waals surface area contributed by atoms with Gasteiger partial charge in [-0.25, -0.2) is 13.2 Å². The lowest BCUT2D eigenvalue weighted by Gasteiger charge is -2.27. The molecule has 7 heteroatoms. The van der Waals surface area contributed by atoms with Crippen molar-refractivity contribution in [1.29, 1.82) is 5.26 Å². The first-order valence-electron chi connectivity index (χ1n) is 9.95. The van der Waals surface area contributed by atoms with E-state index in [1.165, 1.54) is 12.1 Å². The predicted octanol–water partition coefficient (Wildman–Crippen LogP) is 4.34. The van der Waals surface area contributed by atoms with Crippen LogP contribution in [0.15, 0.2) is 52.3 Å². The Bertz CT molecular complexity index is 1090. The van der Waals surface area contributed by atoms with E-state index in [-0.39, 0.29) is 15.7 Å². The van der Waals surface area contributed by atoms with E-state index in [2.05, 4.69) is 5.32 Å². The minimum Gasteiger partial charge on any atom is -0.444 e. The van der Waals surface area contributed by atoms with E-state index >= 15 is 0 Å². The number of rotatable bonds is 4. The van der Waals surface area contributed by atoms with Crippen LogP contribution in [0.3, 0.4) is 0 Å². The Kier molecular flexibility index (Phi) is 6.18. The standard InChI is InChI=1S/C23H26N2O4S/c1-23(2,3)29-22(26)25-15-18-8-5-7-17-13-20(10-11-21(17)18)30(27,28)19-9-4-6-16(12-19)14-24/h4,6,9-13,18H,5,7-8,15H2,1-3H3,(H,25,26)/t18-/m0/s1. The average Bonchev–Trinajstić information content (AvgIpc) is 2.70. The summed E-state index contributed by atoms with van der Waals surface area (Å²) in [5.41, 5.74) is 1.79. The molecule has 0 unspecified atom stereocenters. The number of aryl methyl sites for hydroxylation is 1. The third kappa shape index (κ3) is 5.00. The Morgan fingerprint density at radius 1 is 1.20 bits per heavy atom. The van der Waals surface area contributed by atoms with Crippen LogP contribution >= 0.6 is 0 Å².